The standard InChI is InChI=1S/C11H14N4O/c1-12-7-8-16-11-13-9-15(14-11)10-5-3-2-4-6-10/h2-6,9,12H,7-8H2,1H3. The number of benzene rings is 1. The molecule has 0 aliphatic rings. The van der Waals surface area contributed by atoms with Gasteiger partial charge in [0, 0.05) is 6.54 Å². The third kappa shape index (κ3) is 2.58. The Labute approximate surface area is 94.1 Å². The van der Waals surface area contributed by atoms with E-state index in [2.05, 4.69) is 15.4 Å². The van der Waals surface area contributed by atoms with Crippen molar-refractivity contribution >= 4 is 0 Å². The van der Waals surface area contributed by atoms with Crippen molar-refractivity contribution in [3.63, 3.8) is 0 Å². The molecule has 0 aliphatic carbocycles. The Hall–Kier alpha value is -1.88. The molecular formula is C11H14N4O. The Bertz CT molecular complexity index is 427. The molecule has 2 rings (SSSR count). The maximum Gasteiger partial charge on any atom is 0.335 e. The van der Waals surface area contributed by atoms with Crippen LogP contribution in [0.2, 0.25) is 0 Å². The monoisotopic (exact) mass is 218 g/mol. The zero-order chi connectivity index (χ0) is 11.2. The molecule has 5 nitrogen and oxygen atoms in total. The third-order valence-electron chi connectivity index (χ3n) is 2.07. The summed E-state index contributed by atoms with van der Waals surface area (Å²) in [7, 11) is 1.87. The second-order valence-corrected chi connectivity index (χ2v) is 3.26. The first-order valence-electron chi connectivity index (χ1n) is 5.14. The van der Waals surface area contributed by atoms with Crippen molar-refractivity contribution in [2.75, 3.05) is 20.2 Å². The second-order valence-electron chi connectivity index (χ2n) is 3.26. The fourth-order valence-electron chi connectivity index (χ4n) is 1.26. The van der Waals surface area contributed by atoms with Gasteiger partial charge < -0.3 is 10.1 Å². The van der Waals surface area contributed by atoms with Crippen LogP contribution >= 0.6 is 0 Å². The zero-order valence-electron chi connectivity index (χ0n) is 9.13. The van der Waals surface area contributed by atoms with Crippen molar-refractivity contribution < 1.29 is 4.74 Å². The van der Waals surface area contributed by atoms with E-state index >= 15 is 0 Å². The molecule has 1 N–H and O–H groups in total. The van der Waals surface area contributed by atoms with Gasteiger partial charge in [-0.1, -0.05) is 18.2 Å². The van der Waals surface area contributed by atoms with Crippen molar-refractivity contribution in [2.24, 2.45) is 0 Å². The fourth-order valence-corrected chi connectivity index (χ4v) is 1.26. The molecule has 84 valence electrons. The number of hydrogen-bond acceptors (Lipinski definition) is 4. The molecule has 0 fully saturated rings. The van der Waals surface area contributed by atoms with E-state index in [0.29, 0.717) is 12.6 Å². The Kier molecular flexibility index (Phi) is 3.50. The Morgan fingerprint density at radius 2 is 2.12 bits per heavy atom. The summed E-state index contributed by atoms with van der Waals surface area (Å²) in [5, 5.41) is 7.20. The first kappa shape index (κ1) is 10.6. The number of nitrogens with zero attached hydrogens (tertiary/aromatic N) is 3. The van der Waals surface area contributed by atoms with E-state index in [4.69, 9.17) is 4.74 Å². The highest BCUT2D eigenvalue weighted by atomic mass is 16.5. The van der Waals surface area contributed by atoms with Gasteiger partial charge in [-0.25, -0.2) is 4.68 Å². The smallest absolute Gasteiger partial charge is 0.335 e. The van der Waals surface area contributed by atoms with Gasteiger partial charge in [0.05, 0.1) is 5.69 Å². The fraction of sp³-hybridized carbons (Fsp3) is 0.273. The lowest BCUT2D eigenvalue weighted by molar-refractivity contribution is 0.293. The predicted octanol–water partition coefficient (Wildman–Crippen LogP) is 0.865. The number of likely N-dealkylation sites (N-methyl/N-ethyl adjacent to an activating group) is 1. The summed E-state index contributed by atoms with van der Waals surface area (Å²) in [6.07, 6.45) is 1.64. The van der Waals surface area contributed by atoms with E-state index in [0.717, 1.165) is 12.2 Å². The highest BCUT2D eigenvalue weighted by Gasteiger charge is 2.02. The minimum atomic E-state index is 0.402. The molecule has 0 aliphatic heterocycles. The molecule has 0 saturated carbocycles. The first-order valence-corrected chi connectivity index (χ1v) is 5.14. The summed E-state index contributed by atoms with van der Waals surface area (Å²) in [6, 6.07) is 10.2. The van der Waals surface area contributed by atoms with Crippen LogP contribution in [0.25, 0.3) is 5.69 Å². The average molecular weight is 218 g/mol. The number of nitrogens with one attached hydrogen (secondary N) is 1. The molecule has 2 aromatic rings. The molecule has 0 atom stereocenters. The molecule has 0 unspecified atom stereocenters. The SMILES string of the molecule is CNCCOc1ncn(-c2ccccc2)n1. The molecule has 0 bridgehead atoms. The zero-order valence-corrected chi connectivity index (χ0v) is 9.13. The summed E-state index contributed by atoms with van der Waals surface area (Å²) in [5.74, 6) is 0. The third-order valence-corrected chi connectivity index (χ3v) is 2.07. The van der Waals surface area contributed by atoms with E-state index in [1.165, 1.54) is 0 Å². The lowest BCUT2D eigenvalue weighted by Gasteiger charge is -2.00. The summed E-state index contributed by atoms with van der Waals surface area (Å²) >= 11 is 0. The van der Waals surface area contributed by atoms with Crippen LogP contribution in [0.5, 0.6) is 6.01 Å². The van der Waals surface area contributed by atoms with Crippen molar-refractivity contribution in [3.05, 3.63) is 36.7 Å². The van der Waals surface area contributed by atoms with Crippen molar-refractivity contribution in [1.82, 2.24) is 20.1 Å². The number of para-hydroxylation sites is 1. The van der Waals surface area contributed by atoms with Crippen LogP contribution < -0.4 is 10.1 Å². The second kappa shape index (κ2) is 5.27. The van der Waals surface area contributed by atoms with E-state index < -0.39 is 0 Å². The van der Waals surface area contributed by atoms with Crippen molar-refractivity contribution in [3.8, 4) is 11.7 Å². The number of aromatic nitrogens is 3. The van der Waals surface area contributed by atoms with Gasteiger partial charge in [-0.05, 0) is 19.2 Å². The van der Waals surface area contributed by atoms with Gasteiger partial charge >= 0.3 is 6.01 Å². The molecule has 1 aromatic carbocycles. The van der Waals surface area contributed by atoms with Crippen LogP contribution in [0.3, 0.4) is 0 Å². The molecule has 0 amide bonds. The molecular weight excluding hydrogens is 204 g/mol. The highest BCUT2D eigenvalue weighted by molar-refractivity contribution is 5.29. The predicted molar refractivity (Wildman–Crippen MR) is 60.8 cm³/mol. The Balaban J connectivity index is 2.02. The highest BCUT2D eigenvalue weighted by Crippen LogP contribution is 2.07. The van der Waals surface area contributed by atoms with Crippen LogP contribution in [0.4, 0.5) is 0 Å². The van der Waals surface area contributed by atoms with E-state index in [-0.39, 0.29) is 0 Å². The maximum absolute atomic E-state index is 5.34. The molecule has 16 heavy (non-hydrogen) atoms. The lowest BCUT2D eigenvalue weighted by atomic mass is 10.3. The van der Waals surface area contributed by atoms with E-state index in [1.807, 2.05) is 37.4 Å². The minimum absolute atomic E-state index is 0.402. The van der Waals surface area contributed by atoms with Crippen LogP contribution in [0.15, 0.2) is 36.7 Å². The Morgan fingerprint density at radius 3 is 2.88 bits per heavy atom. The molecule has 0 spiro atoms. The summed E-state index contributed by atoms with van der Waals surface area (Å²) in [5.41, 5.74) is 0.971. The van der Waals surface area contributed by atoms with Gasteiger partial charge in [0.2, 0.25) is 0 Å². The van der Waals surface area contributed by atoms with Gasteiger partial charge in [0.15, 0.2) is 0 Å². The van der Waals surface area contributed by atoms with E-state index in [9.17, 15) is 0 Å². The summed E-state index contributed by atoms with van der Waals surface area (Å²) in [6.45, 7) is 1.34. The maximum atomic E-state index is 5.34. The number of ether oxygens (including phenoxy) is 1. The normalized spacial score (nSPS) is 10.3. The molecule has 0 saturated heterocycles. The van der Waals surface area contributed by atoms with Crippen LogP contribution in [0, 0.1) is 0 Å². The molecule has 5 heteroatoms. The van der Waals surface area contributed by atoms with Crippen LogP contribution in [-0.2, 0) is 0 Å². The van der Waals surface area contributed by atoms with Crippen molar-refractivity contribution in [1.29, 1.82) is 0 Å². The Morgan fingerprint density at radius 1 is 1.31 bits per heavy atom. The van der Waals surface area contributed by atoms with Gasteiger partial charge in [0.1, 0.15) is 12.9 Å². The average Bonchev–Trinajstić information content (AvgIpc) is 2.79. The van der Waals surface area contributed by atoms with Crippen LogP contribution in [-0.4, -0.2) is 35.0 Å². The van der Waals surface area contributed by atoms with Gasteiger partial charge in [0.25, 0.3) is 0 Å². The van der Waals surface area contributed by atoms with Crippen LogP contribution in [0.1, 0.15) is 0 Å². The topological polar surface area (TPSA) is 52.0 Å². The van der Waals surface area contributed by atoms with E-state index in [1.54, 1.807) is 11.0 Å². The minimum Gasteiger partial charge on any atom is -0.461 e. The number of hydrogen-bond donors (Lipinski definition) is 1. The summed E-state index contributed by atoms with van der Waals surface area (Å²) < 4.78 is 7.03. The van der Waals surface area contributed by atoms with Crippen molar-refractivity contribution in [2.45, 2.75) is 0 Å². The molecule has 1 heterocycles. The number of rotatable bonds is 5. The van der Waals surface area contributed by atoms with Gasteiger partial charge in [-0.3, -0.25) is 0 Å². The summed E-state index contributed by atoms with van der Waals surface area (Å²) in [4.78, 5) is 4.07. The molecule has 1 aromatic heterocycles. The largest absolute Gasteiger partial charge is 0.461 e. The van der Waals surface area contributed by atoms with Gasteiger partial charge in [-0.15, -0.1) is 5.10 Å². The first-order chi connectivity index (χ1) is 7.90. The molecule has 0 radical (unpaired) electrons. The lowest BCUT2D eigenvalue weighted by Crippen LogP contribution is -2.16. The van der Waals surface area contributed by atoms with Gasteiger partial charge in [-0.2, -0.15) is 4.98 Å². The quantitative estimate of drug-likeness (QED) is 0.756.